The zero-order valence-corrected chi connectivity index (χ0v) is 12.6. The van der Waals surface area contributed by atoms with Crippen LogP contribution in [0.1, 0.15) is 18.9 Å². The van der Waals surface area contributed by atoms with Crippen LogP contribution < -0.4 is 15.4 Å². The largest absolute Gasteiger partial charge is 0.435 e. The van der Waals surface area contributed by atoms with E-state index < -0.39 is 6.61 Å². The first kappa shape index (κ1) is 18.2. The molecule has 0 radical (unpaired) electrons. The van der Waals surface area contributed by atoms with Crippen LogP contribution >= 0.6 is 0 Å². The first-order valence-electron chi connectivity index (χ1n) is 7.25. The van der Waals surface area contributed by atoms with Crippen LogP contribution in [0.4, 0.5) is 13.6 Å². The van der Waals surface area contributed by atoms with E-state index in [4.69, 9.17) is 4.74 Å². The van der Waals surface area contributed by atoms with E-state index in [1.54, 1.807) is 12.1 Å². The third-order valence-corrected chi connectivity index (χ3v) is 2.80. The summed E-state index contributed by atoms with van der Waals surface area (Å²) in [5.41, 5.74) is 0.929. The molecule has 7 heteroatoms. The molecule has 22 heavy (non-hydrogen) atoms. The zero-order chi connectivity index (χ0) is 16.2. The molecule has 0 fully saturated rings. The molecule has 5 nitrogen and oxygen atoms in total. The van der Waals surface area contributed by atoms with Crippen LogP contribution in [0.2, 0.25) is 0 Å². The maximum atomic E-state index is 12.0. The number of amides is 2. The fourth-order valence-corrected chi connectivity index (χ4v) is 1.74. The third-order valence-electron chi connectivity index (χ3n) is 2.80. The zero-order valence-electron chi connectivity index (χ0n) is 12.6. The second-order valence-electron chi connectivity index (χ2n) is 4.51. The van der Waals surface area contributed by atoms with Crippen molar-refractivity contribution in [1.29, 1.82) is 0 Å². The van der Waals surface area contributed by atoms with Gasteiger partial charge in [-0.3, -0.25) is 0 Å². The van der Waals surface area contributed by atoms with Gasteiger partial charge >= 0.3 is 12.6 Å². The van der Waals surface area contributed by atoms with Crippen LogP contribution in [-0.2, 0) is 11.2 Å². The van der Waals surface area contributed by atoms with Gasteiger partial charge in [-0.15, -0.1) is 0 Å². The lowest BCUT2D eigenvalue weighted by molar-refractivity contribution is -0.0498. The summed E-state index contributed by atoms with van der Waals surface area (Å²) in [6.07, 6.45) is 1.38. The number of rotatable bonds is 10. The first-order valence-corrected chi connectivity index (χ1v) is 7.25. The van der Waals surface area contributed by atoms with E-state index in [0.717, 1.165) is 12.0 Å². The fourth-order valence-electron chi connectivity index (χ4n) is 1.74. The molecule has 0 saturated carbocycles. The average Bonchev–Trinajstić information content (AvgIpc) is 2.48. The molecule has 0 aliphatic heterocycles. The Hall–Kier alpha value is -1.89. The maximum absolute atomic E-state index is 12.0. The molecule has 0 spiro atoms. The number of carbonyl (C=O) groups excluding carboxylic acids is 1. The highest BCUT2D eigenvalue weighted by Crippen LogP contribution is 2.14. The van der Waals surface area contributed by atoms with Crippen LogP contribution in [0.25, 0.3) is 0 Å². The molecule has 1 aromatic carbocycles. The average molecular weight is 316 g/mol. The fraction of sp³-hybridized carbons (Fsp3) is 0.533. The van der Waals surface area contributed by atoms with Crippen LogP contribution in [0.15, 0.2) is 24.3 Å². The van der Waals surface area contributed by atoms with Crippen molar-refractivity contribution in [3.8, 4) is 5.75 Å². The molecule has 0 atom stereocenters. The third kappa shape index (κ3) is 8.41. The molecule has 2 amide bonds. The Bertz CT molecular complexity index is 427. The molecule has 0 saturated heterocycles. The van der Waals surface area contributed by atoms with Gasteiger partial charge in [0.1, 0.15) is 5.75 Å². The molecule has 0 aromatic heterocycles. The summed E-state index contributed by atoms with van der Waals surface area (Å²) in [4.78, 5) is 11.5. The van der Waals surface area contributed by atoms with Crippen molar-refractivity contribution < 1.29 is 23.0 Å². The Kier molecular flexibility index (Phi) is 8.90. The van der Waals surface area contributed by atoms with Crippen LogP contribution in [0.5, 0.6) is 5.75 Å². The normalized spacial score (nSPS) is 10.5. The van der Waals surface area contributed by atoms with Crippen molar-refractivity contribution in [2.75, 3.05) is 26.3 Å². The number of carbonyl (C=O) groups is 1. The second-order valence-corrected chi connectivity index (χ2v) is 4.51. The number of ether oxygens (including phenoxy) is 2. The van der Waals surface area contributed by atoms with E-state index in [1.165, 1.54) is 12.1 Å². The minimum absolute atomic E-state index is 0.124. The number of alkyl halides is 2. The Morgan fingerprint density at radius 2 is 1.86 bits per heavy atom. The van der Waals surface area contributed by atoms with E-state index in [-0.39, 0.29) is 11.8 Å². The summed E-state index contributed by atoms with van der Waals surface area (Å²) in [6, 6.07) is 6.12. The highest BCUT2D eigenvalue weighted by Gasteiger charge is 2.04. The molecule has 0 bridgehead atoms. The molecule has 0 heterocycles. The summed E-state index contributed by atoms with van der Waals surface area (Å²) >= 11 is 0. The van der Waals surface area contributed by atoms with Crippen molar-refractivity contribution in [3.05, 3.63) is 29.8 Å². The highest BCUT2D eigenvalue weighted by atomic mass is 19.3. The number of halogens is 2. The predicted molar refractivity (Wildman–Crippen MR) is 79.3 cm³/mol. The van der Waals surface area contributed by atoms with Gasteiger partial charge in [0.2, 0.25) is 0 Å². The minimum Gasteiger partial charge on any atom is -0.435 e. The summed E-state index contributed by atoms with van der Waals surface area (Å²) in [5, 5.41) is 5.45. The Labute approximate surface area is 129 Å². The van der Waals surface area contributed by atoms with Gasteiger partial charge in [-0.25, -0.2) is 4.79 Å². The smallest absolute Gasteiger partial charge is 0.387 e. The van der Waals surface area contributed by atoms with E-state index in [9.17, 15) is 13.6 Å². The molecule has 124 valence electrons. The number of hydrogen-bond donors (Lipinski definition) is 2. The van der Waals surface area contributed by atoms with E-state index >= 15 is 0 Å². The molecule has 1 aromatic rings. The molecular weight excluding hydrogens is 294 g/mol. The van der Waals surface area contributed by atoms with Crippen molar-refractivity contribution in [2.45, 2.75) is 26.4 Å². The minimum atomic E-state index is -2.82. The van der Waals surface area contributed by atoms with Crippen molar-refractivity contribution >= 4 is 6.03 Å². The van der Waals surface area contributed by atoms with Gasteiger partial charge in [0.25, 0.3) is 0 Å². The molecular formula is C15H22F2N2O3. The van der Waals surface area contributed by atoms with Crippen molar-refractivity contribution in [1.82, 2.24) is 10.6 Å². The van der Waals surface area contributed by atoms with Crippen molar-refractivity contribution in [3.63, 3.8) is 0 Å². The number of nitrogens with one attached hydrogen (secondary N) is 2. The van der Waals surface area contributed by atoms with E-state index in [1.807, 2.05) is 6.92 Å². The molecule has 0 aliphatic rings. The molecule has 0 aliphatic carbocycles. The SMILES string of the molecule is CCOCCCNC(=O)NCCc1ccc(OC(F)F)cc1. The Balaban J connectivity index is 2.14. The lowest BCUT2D eigenvalue weighted by atomic mass is 10.1. The van der Waals surface area contributed by atoms with Crippen molar-refractivity contribution in [2.24, 2.45) is 0 Å². The summed E-state index contributed by atoms with van der Waals surface area (Å²) in [5.74, 6) is 0.124. The van der Waals surface area contributed by atoms with Gasteiger partial charge in [-0.2, -0.15) is 8.78 Å². The number of benzene rings is 1. The van der Waals surface area contributed by atoms with Crippen LogP contribution in [0, 0.1) is 0 Å². The van der Waals surface area contributed by atoms with Gasteiger partial charge in [0.15, 0.2) is 0 Å². The summed E-state index contributed by atoms with van der Waals surface area (Å²) < 4.78 is 33.4. The predicted octanol–water partition coefficient (Wildman–Crippen LogP) is 2.56. The molecule has 2 N–H and O–H groups in total. The van der Waals surface area contributed by atoms with E-state index in [2.05, 4.69) is 15.4 Å². The van der Waals surface area contributed by atoms with Crippen LogP contribution in [0.3, 0.4) is 0 Å². The molecule has 0 unspecified atom stereocenters. The van der Waals surface area contributed by atoms with Gasteiger partial charge in [-0.1, -0.05) is 12.1 Å². The lowest BCUT2D eigenvalue weighted by Crippen LogP contribution is -2.37. The van der Waals surface area contributed by atoms with Gasteiger partial charge in [-0.05, 0) is 37.5 Å². The van der Waals surface area contributed by atoms with Crippen LogP contribution in [-0.4, -0.2) is 38.9 Å². The Morgan fingerprint density at radius 1 is 1.18 bits per heavy atom. The van der Waals surface area contributed by atoms with E-state index in [0.29, 0.717) is 32.7 Å². The topological polar surface area (TPSA) is 59.6 Å². The highest BCUT2D eigenvalue weighted by molar-refractivity contribution is 5.73. The van der Waals surface area contributed by atoms with Gasteiger partial charge in [0.05, 0.1) is 0 Å². The van der Waals surface area contributed by atoms with Gasteiger partial charge in [0, 0.05) is 26.3 Å². The monoisotopic (exact) mass is 316 g/mol. The quantitative estimate of drug-likeness (QED) is 0.652. The second kappa shape index (κ2) is 10.8. The number of urea groups is 1. The Morgan fingerprint density at radius 3 is 2.50 bits per heavy atom. The number of hydrogen-bond acceptors (Lipinski definition) is 3. The maximum Gasteiger partial charge on any atom is 0.387 e. The summed E-state index contributed by atoms with van der Waals surface area (Å²) in [7, 11) is 0. The standard InChI is InChI=1S/C15H22F2N2O3/c1-2-21-11-3-9-18-15(20)19-10-8-12-4-6-13(7-5-12)22-14(16)17/h4-7,14H,2-3,8-11H2,1H3,(H2,18,19,20). The molecule has 1 rings (SSSR count). The lowest BCUT2D eigenvalue weighted by Gasteiger charge is -2.08. The summed E-state index contributed by atoms with van der Waals surface area (Å²) in [6.45, 7) is 1.43. The first-order chi connectivity index (χ1) is 10.6. The van der Waals surface area contributed by atoms with Gasteiger partial charge < -0.3 is 20.1 Å².